The molecule has 3 N–H and O–H groups in total. The number of rotatable bonds is 3. The third kappa shape index (κ3) is 2.22. The Labute approximate surface area is 104 Å². The van der Waals surface area contributed by atoms with Gasteiger partial charge in [0.25, 0.3) is 0 Å². The van der Waals surface area contributed by atoms with Crippen molar-refractivity contribution in [1.29, 1.82) is 0 Å². The van der Waals surface area contributed by atoms with Gasteiger partial charge in [0.15, 0.2) is 0 Å². The summed E-state index contributed by atoms with van der Waals surface area (Å²) in [5.74, 6) is -0.646. The van der Waals surface area contributed by atoms with E-state index in [1.165, 1.54) is 12.1 Å². The molecule has 0 aromatic heterocycles. The fourth-order valence-corrected chi connectivity index (χ4v) is 1.71. The fourth-order valence-electron chi connectivity index (χ4n) is 1.71. The molecule has 1 amide bonds. The Kier molecular flexibility index (Phi) is 3.10. The van der Waals surface area contributed by atoms with Crippen molar-refractivity contribution in [3.8, 4) is 16.9 Å². The van der Waals surface area contributed by atoms with Gasteiger partial charge in [-0.15, -0.1) is 0 Å². The molecule has 0 fully saturated rings. The lowest BCUT2D eigenvalue weighted by Gasteiger charge is -2.06. The van der Waals surface area contributed by atoms with E-state index in [0.29, 0.717) is 16.7 Å². The zero-order valence-corrected chi connectivity index (χ0v) is 9.46. The van der Waals surface area contributed by atoms with Crippen molar-refractivity contribution in [1.82, 2.24) is 0 Å². The Morgan fingerprint density at radius 3 is 2.56 bits per heavy atom. The van der Waals surface area contributed by atoms with E-state index in [-0.39, 0.29) is 11.3 Å². The minimum Gasteiger partial charge on any atom is -0.507 e. The molecule has 0 heterocycles. The predicted octanol–water partition coefficient (Wildman–Crippen LogP) is 1.97. The lowest BCUT2D eigenvalue weighted by atomic mass is 10.0. The van der Waals surface area contributed by atoms with Crippen LogP contribution >= 0.6 is 0 Å². The highest BCUT2D eigenvalue weighted by atomic mass is 16.3. The van der Waals surface area contributed by atoms with Gasteiger partial charge < -0.3 is 10.8 Å². The minimum atomic E-state index is -0.599. The number of aromatic hydroxyl groups is 1. The second-order valence-corrected chi connectivity index (χ2v) is 3.84. The highest BCUT2D eigenvalue weighted by Crippen LogP contribution is 2.30. The maximum atomic E-state index is 11.0. The predicted molar refractivity (Wildman–Crippen MR) is 67.4 cm³/mol. The molecule has 0 aliphatic heterocycles. The Bertz CT molecular complexity index is 620. The van der Waals surface area contributed by atoms with Gasteiger partial charge in [-0.25, -0.2) is 0 Å². The average molecular weight is 241 g/mol. The quantitative estimate of drug-likeness (QED) is 0.806. The van der Waals surface area contributed by atoms with Gasteiger partial charge in [0, 0.05) is 16.7 Å². The maximum Gasteiger partial charge on any atom is 0.248 e. The van der Waals surface area contributed by atoms with E-state index in [4.69, 9.17) is 5.73 Å². The van der Waals surface area contributed by atoms with Crippen LogP contribution in [0.5, 0.6) is 5.75 Å². The third-order valence-corrected chi connectivity index (χ3v) is 2.62. The number of nitrogens with two attached hydrogens (primary N) is 1. The van der Waals surface area contributed by atoms with Crippen LogP contribution < -0.4 is 5.73 Å². The van der Waals surface area contributed by atoms with E-state index in [0.717, 1.165) is 6.29 Å². The number of phenolic OH excluding ortho intramolecular Hbond substituents is 1. The van der Waals surface area contributed by atoms with Crippen LogP contribution in [0.2, 0.25) is 0 Å². The number of carbonyl (C=O) groups is 2. The Morgan fingerprint density at radius 1 is 1.17 bits per heavy atom. The summed E-state index contributed by atoms with van der Waals surface area (Å²) in [5.41, 5.74) is 7.13. The van der Waals surface area contributed by atoms with Crippen molar-refractivity contribution in [2.75, 3.05) is 0 Å². The van der Waals surface area contributed by atoms with Crippen LogP contribution in [0.1, 0.15) is 20.7 Å². The molecule has 4 heteroatoms. The van der Waals surface area contributed by atoms with Crippen LogP contribution in [-0.2, 0) is 0 Å². The number of hydrogen-bond donors (Lipinski definition) is 2. The third-order valence-electron chi connectivity index (χ3n) is 2.62. The van der Waals surface area contributed by atoms with E-state index < -0.39 is 5.91 Å². The summed E-state index contributed by atoms with van der Waals surface area (Å²) in [6.45, 7) is 0. The number of primary amides is 1. The van der Waals surface area contributed by atoms with Crippen LogP contribution in [-0.4, -0.2) is 17.3 Å². The first-order valence-corrected chi connectivity index (χ1v) is 5.30. The molecule has 2 aromatic carbocycles. The molecule has 0 saturated carbocycles. The van der Waals surface area contributed by atoms with Gasteiger partial charge in [-0.05, 0) is 29.8 Å². The normalized spacial score (nSPS) is 10.0. The summed E-state index contributed by atoms with van der Waals surface area (Å²) >= 11 is 0. The molecule has 0 spiro atoms. The smallest absolute Gasteiger partial charge is 0.248 e. The molecule has 0 aliphatic carbocycles. The molecule has 4 nitrogen and oxygen atoms in total. The van der Waals surface area contributed by atoms with E-state index in [1.807, 2.05) is 0 Å². The van der Waals surface area contributed by atoms with Crippen LogP contribution in [0.25, 0.3) is 11.1 Å². The molecule has 0 saturated heterocycles. The molecule has 0 unspecified atom stereocenters. The summed E-state index contributed by atoms with van der Waals surface area (Å²) in [7, 11) is 0. The number of aldehydes is 1. The molecular formula is C14H11NO3. The lowest BCUT2D eigenvalue weighted by Crippen LogP contribution is -2.10. The van der Waals surface area contributed by atoms with Crippen molar-refractivity contribution in [3.05, 3.63) is 53.6 Å². The molecule has 0 aliphatic rings. The highest BCUT2D eigenvalue weighted by molar-refractivity contribution is 5.94. The summed E-state index contributed by atoms with van der Waals surface area (Å²) in [4.78, 5) is 21.7. The van der Waals surface area contributed by atoms with Gasteiger partial charge in [-0.3, -0.25) is 9.59 Å². The van der Waals surface area contributed by atoms with E-state index in [1.54, 1.807) is 30.3 Å². The zero-order chi connectivity index (χ0) is 13.1. The average Bonchev–Trinajstić information content (AvgIpc) is 2.38. The number of carbonyl (C=O) groups excluding carboxylic acids is 2. The first-order chi connectivity index (χ1) is 8.61. The van der Waals surface area contributed by atoms with E-state index in [2.05, 4.69) is 0 Å². The SMILES string of the molecule is NC(=O)c1ccc(-c2cccc(C=O)c2)c(O)c1. The number of hydrogen-bond acceptors (Lipinski definition) is 3. The zero-order valence-electron chi connectivity index (χ0n) is 9.46. The number of amides is 1. The molecule has 18 heavy (non-hydrogen) atoms. The standard InChI is InChI=1S/C14H11NO3/c15-14(18)11-4-5-12(13(17)7-11)10-3-1-2-9(6-10)8-16/h1-8,17H,(H2,15,18). The molecule has 0 bridgehead atoms. The van der Waals surface area contributed by atoms with Crippen molar-refractivity contribution in [3.63, 3.8) is 0 Å². The molecule has 90 valence electrons. The van der Waals surface area contributed by atoms with Crippen molar-refractivity contribution in [2.24, 2.45) is 5.73 Å². The molecule has 0 atom stereocenters. The van der Waals surface area contributed by atoms with Gasteiger partial charge in [0.05, 0.1) is 0 Å². The van der Waals surface area contributed by atoms with Gasteiger partial charge >= 0.3 is 0 Å². The second-order valence-electron chi connectivity index (χ2n) is 3.84. The lowest BCUT2D eigenvalue weighted by molar-refractivity contribution is 0.0999. The molecule has 2 rings (SSSR count). The van der Waals surface area contributed by atoms with Gasteiger partial charge in [-0.1, -0.05) is 18.2 Å². The fraction of sp³-hybridized carbons (Fsp3) is 0. The van der Waals surface area contributed by atoms with Crippen LogP contribution in [0.15, 0.2) is 42.5 Å². The second kappa shape index (κ2) is 4.71. The Hall–Kier alpha value is -2.62. The minimum absolute atomic E-state index is 0.0469. The van der Waals surface area contributed by atoms with Crippen molar-refractivity contribution >= 4 is 12.2 Å². The molecular weight excluding hydrogens is 230 g/mol. The topological polar surface area (TPSA) is 80.4 Å². The maximum absolute atomic E-state index is 11.0. The number of phenols is 1. The van der Waals surface area contributed by atoms with Crippen LogP contribution in [0.4, 0.5) is 0 Å². The molecule has 0 radical (unpaired) electrons. The van der Waals surface area contributed by atoms with E-state index >= 15 is 0 Å². The first-order valence-electron chi connectivity index (χ1n) is 5.30. The van der Waals surface area contributed by atoms with Gasteiger partial charge in [0.2, 0.25) is 5.91 Å². The van der Waals surface area contributed by atoms with Crippen LogP contribution in [0.3, 0.4) is 0 Å². The summed E-state index contributed by atoms with van der Waals surface area (Å²) in [5, 5.41) is 9.86. The van der Waals surface area contributed by atoms with Gasteiger partial charge in [0.1, 0.15) is 12.0 Å². The van der Waals surface area contributed by atoms with Gasteiger partial charge in [-0.2, -0.15) is 0 Å². The summed E-state index contributed by atoms with van der Waals surface area (Å²) in [6.07, 6.45) is 0.734. The number of benzene rings is 2. The van der Waals surface area contributed by atoms with E-state index in [9.17, 15) is 14.7 Å². The monoisotopic (exact) mass is 241 g/mol. The van der Waals surface area contributed by atoms with Crippen molar-refractivity contribution < 1.29 is 14.7 Å². The van der Waals surface area contributed by atoms with Crippen molar-refractivity contribution in [2.45, 2.75) is 0 Å². The summed E-state index contributed by atoms with van der Waals surface area (Å²) in [6, 6.07) is 11.3. The Balaban J connectivity index is 2.50. The largest absolute Gasteiger partial charge is 0.507 e. The summed E-state index contributed by atoms with van der Waals surface area (Å²) < 4.78 is 0. The Morgan fingerprint density at radius 2 is 1.94 bits per heavy atom. The first kappa shape index (κ1) is 11.9. The van der Waals surface area contributed by atoms with Crippen LogP contribution in [0, 0.1) is 0 Å². The highest BCUT2D eigenvalue weighted by Gasteiger charge is 2.08. The molecule has 2 aromatic rings.